The first-order valence-corrected chi connectivity index (χ1v) is 11.6. The van der Waals surface area contributed by atoms with Crippen molar-refractivity contribution in [1.29, 1.82) is 0 Å². The van der Waals surface area contributed by atoms with E-state index in [4.69, 9.17) is 4.74 Å². The van der Waals surface area contributed by atoms with Gasteiger partial charge in [0.05, 0.1) is 18.5 Å². The number of unbranched alkanes of at least 4 members (excludes halogenated alkanes) is 1. The van der Waals surface area contributed by atoms with Gasteiger partial charge in [-0.05, 0) is 66.1 Å². The summed E-state index contributed by atoms with van der Waals surface area (Å²) in [5.74, 6) is -3.32. The Hall–Kier alpha value is -3.68. The molecule has 0 bridgehead atoms. The third-order valence-electron chi connectivity index (χ3n) is 5.78. The minimum absolute atomic E-state index is 0.111. The molecule has 0 aliphatic carbocycles. The van der Waals surface area contributed by atoms with Gasteiger partial charge in [-0.1, -0.05) is 37.6 Å². The van der Waals surface area contributed by atoms with Crippen LogP contribution in [0.2, 0.25) is 0 Å². The van der Waals surface area contributed by atoms with Gasteiger partial charge < -0.3 is 9.47 Å². The molecule has 4 rings (SSSR count). The monoisotopic (exact) mass is 501 g/mol. The van der Waals surface area contributed by atoms with Gasteiger partial charge in [-0.25, -0.2) is 13.2 Å². The number of halogens is 5. The Morgan fingerprint density at radius 2 is 1.67 bits per heavy atom. The first-order valence-electron chi connectivity index (χ1n) is 11.6. The fourth-order valence-corrected chi connectivity index (χ4v) is 3.90. The van der Waals surface area contributed by atoms with E-state index < -0.39 is 29.8 Å². The van der Waals surface area contributed by atoms with Gasteiger partial charge >= 0.3 is 6.61 Å². The molecule has 1 aromatic heterocycles. The van der Waals surface area contributed by atoms with Crippen molar-refractivity contribution in [2.24, 2.45) is 0 Å². The molecular formula is C28H24F5NO2. The van der Waals surface area contributed by atoms with Crippen LogP contribution in [-0.4, -0.2) is 18.2 Å². The van der Waals surface area contributed by atoms with Crippen LogP contribution < -0.4 is 9.47 Å². The van der Waals surface area contributed by atoms with E-state index in [0.717, 1.165) is 36.2 Å². The lowest BCUT2D eigenvalue weighted by Gasteiger charge is -2.11. The van der Waals surface area contributed by atoms with Crippen molar-refractivity contribution in [1.82, 2.24) is 4.98 Å². The predicted molar refractivity (Wildman–Crippen MR) is 128 cm³/mol. The minimum atomic E-state index is -3.34. The standard InChI is InChI=1S/C28H24F5NO2/c1-2-3-12-35-21-9-11-25(34-16-21)20-8-10-22-19(15-20)7-6-18(26(22)31)5-4-17-13-23(29)27(24(30)14-17)36-28(32)33/h6-11,13-16,28H,2-5,12H2,1H3. The maximum absolute atomic E-state index is 15.2. The Morgan fingerprint density at radius 1 is 0.889 bits per heavy atom. The van der Waals surface area contributed by atoms with Crippen molar-refractivity contribution in [3.05, 3.63) is 89.4 Å². The fraction of sp³-hybridized carbons (Fsp3) is 0.250. The van der Waals surface area contributed by atoms with E-state index in [9.17, 15) is 17.6 Å². The molecule has 0 saturated heterocycles. The number of ether oxygens (including phenoxy) is 2. The van der Waals surface area contributed by atoms with Crippen LogP contribution in [0.25, 0.3) is 22.0 Å². The van der Waals surface area contributed by atoms with Gasteiger partial charge in [0, 0.05) is 10.9 Å². The zero-order valence-electron chi connectivity index (χ0n) is 19.5. The minimum Gasteiger partial charge on any atom is -0.492 e. The van der Waals surface area contributed by atoms with Crippen molar-refractivity contribution in [3.8, 4) is 22.8 Å². The van der Waals surface area contributed by atoms with E-state index in [0.29, 0.717) is 28.7 Å². The van der Waals surface area contributed by atoms with E-state index in [1.807, 2.05) is 18.2 Å². The Labute approximate surface area is 205 Å². The molecule has 0 radical (unpaired) electrons. The third-order valence-corrected chi connectivity index (χ3v) is 5.78. The number of alkyl halides is 2. The lowest BCUT2D eigenvalue weighted by Crippen LogP contribution is -2.06. The molecule has 0 saturated carbocycles. The van der Waals surface area contributed by atoms with Gasteiger partial charge in [0.1, 0.15) is 11.6 Å². The molecule has 188 valence electrons. The number of nitrogens with zero attached hydrogens (tertiary/aromatic N) is 1. The molecule has 3 aromatic carbocycles. The molecule has 0 atom stereocenters. The SMILES string of the molecule is CCCCOc1ccc(-c2ccc3c(F)c(CCc4cc(F)c(OC(F)F)c(F)c4)ccc3c2)nc1. The van der Waals surface area contributed by atoms with Crippen LogP contribution in [0, 0.1) is 17.5 Å². The van der Waals surface area contributed by atoms with Gasteiger partial charge in [-0.15, -0.1) is 0 Å². The van der Waals surface area contributed by atoms with E-state index in [2.05, 4.69) is 16.6 Å². The fourth-order valence-electron chi connectivity index (χ4n) is 3.90. The lowest BCUT2D eigenvalue weighted by molar-refractivity contribution is -0.0546. The Morgan fingerprint density at radius 3 is 2.33 bits per heavy atom. The number of hydrogen-bond donors (Lipinski definition) is 0. The highest BCUT2D eigenvalue weighted by Gasteiger charge is 2.17. The summed E-state index contributed by atoms with van der Waals surface area (Å²) in [5.41, 5.74) is 2.13. The second-order valence-corrected chi connectivity index (χ2v) is 8.32. The van der Waals surface area contributed by atoms with Crippen molar-refractivity contribution >= 4 is 10.8 Å². The van der Waals surface area contributed by atoms with Crippen molar-refractivity contribution in [2.75, 3.05) is 6.61 Å². The summed E-state index contributed by atoms with van der Waals surface area (Å²) in [5, 5.41) is 1.10. The molecule has 0 N–H and O–H groups in total. The normalized spacial score (nSPS) is 11.3. The van der Waals surface area contributed by atoms with E-state index in [-0.39, 0.29) is 18.4 Å². The predicted octanol–water partition coefficient (Wildman–Crippen LogP) is 7.88. The average molecular weight is 501 g/mol. The smallest absolute Gasteiger partial charge is 0.387 e. The van der Waals surface area contributed by atoms with E-state index in [1.165, 1.54) is 0 Å². The lowest BCUT2D eigenvalue weighted by atomic mass is 9.98. The number of aryl methyl sites for hydroxylation is 2. The number of pyridine rings is 1. The summed E-state index contributed by atoms with van der Waals surface area (Å²) in [7, 11) is 0. The summed E-state index contributed by atoms with van der Waals surface area (Å²) in [4.78, 5) is 4.44. The summed E-state index contributed by atoms with van der Waals surface area (Å²) in [6.07, 6.45) is 3.95. The van der Waals surface area contributed by atoms with Crippen molar-refractivity contribution in [3.63, 3.8) is 0 Å². The maximum atomic E-state index is 15.2. The molecule has 0 spiro atoms. The van der Waals surface area contributed by atoms with Gasteiger partial charge in [0.2, 0.25) is 0 Å². The highest BCUT2D eigenvalue weighted by molar-refractivity contribution is 5.88. The van der Waals surface area contributed by atoms with Crippen LogP contribution in [0.1, 0.15) is 30.9 Å². The molecule has 36 heavy (non-hydrogen) atoms. The van der Waals surface area contributed by atoms with Crippen LogP contribution in [0.15, 0.2) is 60.8 Å². The van der Waals surface area contributed by atoms with Crippen LogP contribution >= 0.6 is 0 Å². The molecule has 0 unspecified atom stereocenters. The van der Waals surface area contributed by atoms with Crippen LogP contribution in [-0.2, 0) is 12.8 Å². The number of rotatable bonds is 10. The Bertz CT molecular complexity index is 1320. The van der Waals surface area contributed by atoms with Crippen LogP contribution in [0.3, 0.4) is 0 Å². The second kappa shape index (κ2) is 11.4. The third kappa shape index (κ3) is 5.93. The summed E-state index contributed by atoms with van der Waals surface area (Å²) in [6, 6.07) is 14.2. The largest absolute Gasteiger partial charge is 0.492 e. The van der Waals surface area contributed by atoms with Gasteiger partial charge in [0.25, 0.3) is 0 Å². The highest BCUT2D eigenvalue weighted by atomic mass is 19.3. The van der Waals surface area contributed by atoms with E-state index >= 15 is 4.39 Å². The van der Waals surface area contributed by atoms with Gasteiger partial charge in [-0.3, -0.25) is 4.98 Å². The first kappa shape index (κ1) is 25.4. The number of fused-ring (bicyclic) bond motifs is 1. The summed E-state index contributed by atoms with van der Waals surface area (Å²) < 4.78 is 77.3. The number of hydrogen-bond acceptors (Lipinski definition) is 3. The quantitative estimate of drug-likeness (QED) is 0.164. The van der Waals surface area contributed by atoms with Gasteiger partial charge in [-0.2, -0.15) is 8.78 Å². The molecule has 1 heterocycles. The number of benzene rings is 3. The Balaban J connectivity index is 1.49. The topological polar surface area (TPSA) is 31.4 Å². The molecule has 0 amide bonds. The van der Waals surface area contributed by atoms with Crippen molar-refractivity contribution in [2.45, 2.75) is 39.2 Å². The van der Waals surface area contributed by atoms with Crippen LogP contribution in [0.5, 0.6) is 11.5 Å². The zero-order valence-corrected chi connectivity index (χ0v) is 19.5. The molecular weight excluding hydrogens is 477 g/mol. The molecule has 8 heteroatoms. The number of aromatic nitrogens is 1. The molecule has 3 nitrogen and oxygen atoms in total. The first-order chi connectivity index (χ1) is 17.4. The van der Waals surface area contributed by atoms with Crippen molar-refractivity contribution < 1.29 is 31.4 Å². The Kier molecular flexibility index (Phi) is 8.03. The summed E-state index contributed by atoms with van der Waals surface area (Å²) in [6.45, 7) is -0.614. The molecule has 0 aliphatic heterocycles. The second-order valence-electron chi connectivity index (χ2n) is 8.32. The van der Waals surface area contributed by atoms with Crippen LogP contribution in [0.4, 0.5) is 22.0 Å². The van der Waals surface area contributed by atoms with Gasteiger partial charge in [0.15, 0.2) is 17.4 Å². The molecule has 4 aromatic rings. The zero-order chi connectivity index (χ0) is 25.7. The maximum Gasteiger partial charge on any atom is 0.387 e. The highest BCUT2D eigenvalue weighted by Crippen LogP contribution is 2.29. The summed E-state index contributed by atoms with van der Waals surface area (Å²) >= 11 is 0. The molecule has 0 fully saturated rings. The molecule has 0 aliphatic rings. The van der Waals surface area contributed by atoms with E-state index in [1.54, 1.807) is 30.5 Å². The average Bonchev–Trinajstić information content (AvgIpc) is 2.86.